The fourth-order valence-electron chi connectivity index (χ4n) is 2.41. The van der Waals surface area contributed by atoms with Crippen LogP contribution < -0.4 is 10.1 Å². The Balaban J connectivity index is 1.67. The molecule has 1 saturated carbocycles. The van der Waals surface area contributed by atoms with Gasteiger partial charge >= 0.3 is 0 Å². The van der Waals surface area contributed by atoms with Crippen molar-refractivity contribution < 1.29 is 4.74 Å². The molecule has 1 atom stereocenters. The minimum absolute atomic E-state index is 0.373. The molecule has 0 aromatic heterocycles. The average molecular weight is 286 g/mol. The number of hydrogen-bond donors (Lipinski definition) is 1. The highest BCUT2D eigenvalue weighted by Gasteiger charge is 2.31. The molecule has 1 unspecified atom stereocenters. The van der Waals surface area contributed by atoms with Gasteiger partial charge in [-0.25, -0.2) is 0 Å². The van der Waals surface area contributed by atoms with Gasteiger partial charge in [-0.2, -0.15) is 5.26 Å². The van der Waals surface area contributed by atoms with Crippen LogP contribution in [-0.2, 0) is 0 Å². The normalized spacial score (nSPS) is 17.0. The summed E-state index contributed by atoms with van der Waals surface area (Å²) >= 11 is 0. The lowest BCUT2D eigenvalue weighted by atomic mass is 9.96. The first-order valence-corrected chi connectivity index (χ1v) is 7.91. The highest BCUT2D eigenvalue weighted by molar-refractivity contribution is 5.33. The van der Waals surface area contributed by atoms with Crippen molar-refractivity contribution in [3.8, 4) is 11.8 Å². The third-order valence-electron chi connectivity index (χ3n) is 4.17. The van der Waals surface area contributed by atoms with Crippen molar-refractivity contribution in [3.63, 3.8) is 0 Å². The number of ether oxygens (including phenoxy) is 1. The van der Waals surface area contributed by atoms with E-state index in [4.69, 9.17) is 4.74 Å². The van der Waals surface area contributed by atoms with Gasteiger partial charge in [-0.15, -0.1) is 0 Å². The number of nitrogens with zero attached hydrogens (tertiary/aromatic N) is 1. The van der Waals surface area contributed by atoms with Crippen LogP contribution in [0.25, 0.3) is 0 Å². The second kappa shape index (κ2) is 6.95. The molecular weight excluding hydrogens is 260 g/mol. The molecule has 114 valence electrons. The summed E-state index contributed by atoms with van der Waals surface area (Å²) in [6.45, 7) is 6.93. The fourth-order valence-corrected chi connectivity index (χ4v) is 2.41. The molecule has 0 amide bonds. The maximum Gasteiger partial charge on any atom is 0.119 e. The minimum Gasteiger partial charge on any atom is -0.494 e. The van der Waals surface area contributed by atoms with Crippen LogP contribution in [-0.4, -0.2) is 18.2 Å². The Labute approximate surface area is 128 Å². The number of rotatable bonds is 8. The van der Waals surface area contributed by atoms with Crippen molar-refractivity contribution >= 4 is 0 Å². The van der Waals surface area contributed by atoms with E-state index in [1.807, 2.05) is 13.0 Å². The minimum atomic E-state index is -0.373. The topological polar surface area (TPSA) is 45.0 Å². The number of hydrogen-bond acceptors (Lipinski definition) is 3. The third kappa shape index (κ3) is 5.06. The van der Waals surface area contributed by atoms with E-state index in [-0.39, 0.29) is 5.54 Å². The number of nitrogens with one attached hydrogen (secondary N) is 1. The number of unbranched alkanes of at least 4 members (excludes halogenated alkanes) is 1. The molecule has 0 spiro atoms. The summed E-state index contributed by atoms with van der Waals surface area (Å²) < 4.78 is 5.78. The van der Waals surface area contributed by atoms with Gasteiger partial charge in [0, 0.05) is 6.04 Å². The quantitative estimate of drug-likeness (QED) is 0.737. The molecule has 1 fully saturated rings. The second-order valence-electron chi connectivity index (χ2n) is 6.41. The Bertz CT molecular complexity index is 516. The van der Waals surface area contributed by atoms with Crippen LogP contribution in [0.15, 0.2) is 18.2 Å². The van der Waals surface area contributed by atoms with Crippen molar-refractivity contribution in [1.29, 1.82) is 5.26 Å². The van der Waals surface area contributed by atoms with E-state index < -0.39 is 0 Å². The molecule has 21 heavy (non-hydrogen) atoms. The van der Waals surface area contributed by atoms with E-state index in [9.17, 15) is 5.26 Å². The molecule has 1 aromatic rings. The fraction of sp³-hybridized carbons (Fsp3) is 0.611. The Morgan fingerprint density at radius 1 is 1.29 bits per heavy atom. The average Bonchev–Trinajstić information content (AvgIpc) is 3.26. The number of nitriles is 1. The monoisotopic (exact) mass is 286 g/mol. The molecule has 0 heterocycles. The Morgan fingerprint density at radius 3 is 2.67 bits per heavy atom. The number of benzene rings is 1. The number of aryl methyl sites for hydroxylation is 2. The van der Waals surface area contributed by atoms with Gasteiger partial charge in [-0.3, -0.25) is 5.32 Å². The van der Waals surface area contributed by atoms with E-state index in [0.29, 0.717) is 12.6 Å². The lowest BCUT2D eigenvalue weighted by molar-refractivity contribution is 0.294. The zero-order valence-corrected chi connectivity index (χ0v) is 13.4. The Hall–Kier alpha value is -1.53. The van der Waals surface area contributed by atoms with Crippen molar-refractivity contribution in [3.05, 3.63) is 29.3 Å². The predicted octanol–water partition coefficient (Wildman–Crippen LogP) is 3.89. The molecule has 3 heteroatoms. The van der Waals surface area contributed by atoms with Gasteiger partial charge in [0.15, 0.2) is 0 Å². The Kier molecular flexibility index (Phi) is 5.25. The maximum atomic E-state index is 9.31. The van der Waals surface area contributed by atoms with Gasteiger partial charge in [0.2, 0.25) is 0 Å². The molecule has 0 saturated heterocycles. The summed E-state index contributed by atoms with van der Waals surface area (Å²) in [4.78, 5) is 0. The molecular formula is C18H26N2O. The molecule has 1 aliphatic carbocycles. The van der Waals surface area contributed by atoms with Gasteiger partial charge in [0.1, 0.15) is 11.3 Å². The molecule has 3 nitrogen and oxygen atoms in total. The van der Waals surface area contributed by atoms with Gasteiger partial charge in [-0.1, -0.05) is 6.07 Å². The molecule has 1 aliphatic rings. The first-order valence-electron chi connectivity index (χ1n) is 7.91. The van der Waals surface area contributed by atoms with Crippen molar-refractivity contribution in [2.75, 3.05) is 6.61 Å². The van der Waals surface area contributed by atoms with Crippen LogP contribution in [0.3, 0.4) is 0 Å². The third-order valence-corrected chi connectivity index (χ3v) is 4.17. The van der Waals surface area contributed by atoms with Crippen LogP contribution in [0.5, 0.6) is 5.75 Å². The van der Waals surface area contributed by atoms with E-state index >= 15 is 0 Å². The molecule has 2 rings (SSSR count). The summed E-state index contributed by atoms with van der Waals surface area (Å²) in [7, 11) is 0. The summed E-state index contributed by atoms with van der Waals surface area (Å²) in [6.07, 6.45) is 5.31. The van der Waals surface area contributed by atoms with Gasteiger partial charge in [0.25, 0.3) is 0 Å². The first-order chi connectivity index (χ1) is 10.0. The van der Waals surface area contributed by atoms with Crippen LogP contribution in [0.4, 0.5) is 0 Å². The zero-order chi connectivity index (χ0) is 15.3. The van der Waals surface area contributed by atoms with Crippen molar-refractivity contribution in [2.24, 2.45) is 0 Å². The van der Waals surface area contributed by atoms with Gasteiger partial charge in [0.05, 0.1) is 12.7 Å². The van der Waals surface area contributed by atoms with E-state index in [1.54, 1.807) is 0 Å². The molecule has 0 bridgehead atoms. The van der Waals surface area contributed by atoms with Crippen LogP contribution in [0, 0.1) is 25.2 Å². The summed E-state index contributed by atoms with van der Waals surface area (Å²) in [6, 6.07) is 9.20. The molecule has 1 N–H and O–H groups in total. The Morgan fingerprint density at radius 2 is 2.05 bits per heavy atom. The highest BCUT2D eigenvalue weighted by Crippen LogP contribution is 2.25. The van der Waals surface area contributed by atoms with Crippen LogP contribution in [0.2, 0.25) is 0 Å². The largest absolute Gasteiger partial charge is 0.494 e. The van der Waals surface area contributed by atoms with Crippen LogP contribution >= 0.6 is 0 Å². The summed E-state index contributed by atoms with van der Waals surface area (Å²) in [5.41, 5.74) is 2.18. The summed E-state index contributed by atoms with van der Waals surface area (Å²) in [5.74, 6) is 0.942. The molecule has 0 radical (unpaired) electrons. The predicted molar refractivity (Wildman–Crippen MR) is 85.4 cm³/mol. The van der Waals surface area contributed by atoms with Gasteiger partial charge < -0.3 is 4.74 Å². The SMILES string of the molecule is Cc1ccc(OCCCCC(C)(C#N)NC2CC2)cc1C. The maximum absolute atomic E-state index is 9.31. The first kappa shape index (κ1) is 15.9. The highest BCUT2D eigenvalue weighted by atomic mass is 16.5. The molecule has 1 aromatic carbocycles. The lowest BCUT2D eigenvalue weighted by Crippen LogP contribution is -2.42. The van der Waals surface area contributed by atoms with Gasteiger partial charge in [-0.05, 0) is 76.1 Å². The van der Waals surface area contributed by atoms with E-state index in [2.05, 4.69) is 37.4 Å². The van der Waals surface area contributed by atoms with E-state index in [0.717, 1.165) is 25.0 Å². The van der Waals surface area contributed by atoms with Crippen molar-refractivity contribution in [2.45, 2.75) is 64.5 Å². The summed E-state index contributed by atoms with van der Waals surface area (Å²) in [5, 5.41) is 12.7. The zero-order valence-electron chi connectivity index (χ0n) is 13.4. The van der Waals surface area contributed by atoms with Crippen molar-refractivity contribution in [1.82, 2.24) is 5.32 Å². The lowest BCUT2D eigenvalue weighted by Gasteiger charge is -2.23. The smallest absolute Gasteiger partial charge is 0.119 e. The standard InChI is InChI=1S/C18H26N2O/c1-14-6-9-17(12-15(14)2)21-11-5-4-10-18(3,13-19)20-16-7-8-16/h6,9,12,16,20H,4-5,7-8,10-11H2,1-3H3. The second-order valence-corrected chi connectivity index (χ2v) is 6.41. The molecule has 0 aliphatic heterocycles. The van der Waals surface area contributed by atoms with Crippen LogP contribution in [0.1, 0.15) is 50.2 Å². The van der Waals surface area contributed by atoms with E-state index in [1.165, 1.54) is 24.0 Å².